The average molecular weight is 411 g/mol. The third kappa shape index (κ3) is 3.28. The van der Waals surface area contributed by atoms with Crippen molar-refractivity contribution in [1.29, 1.82) is 0 Å². The molecule has 0 radical (unpaired) electrons. The number of ether oxygens (including phenoxy) is 4. The summed E-state index contributed by atoms with van der Waals surface area (Å²) >= 11 is 0. The smallest absolute Gasteiger partial charge is 0.265 e. The van der Waals surface area contributed by atoms with Gasteiger partial charge in [-0.1, -0.05) is 5.16 Å². The maximum absolute atomic E-state index is 12.1. The van der Waals surface area contributed by atoms with Crippen molar-refractivity contribution >= 4 is 11.6 Å². The van der Waals surface area contributed by atoms with Gasteiger partial charge in [-0.05, 0) is 37.3 Å². The van der Waals surface area contributed by atoms with Crippen molar-refractivity contribution in [3.63, 3.8) is 0 Å². The van der Waals surface area contributed by atoms with Gasteiger partial charge in [0.2, 0.25) is 11.6 Å². The van der Waals surface area contributed by atoms with E-state index in [4.69, 9.17) is 23.5 Å². The third-order valence-electron chi connectivity index (χ3n) is 4.81. The second-order valence-electron chi connectivity index (χ2n) is 6.45. The van der Waals surface area contributed by atoms with Crippen molar-refractivity contribution in [3.05, 3.63) is 30.3 Å². The lowest BCUT2D eigenvalue weighted by Gasteiger charge is -2.28. The SMILES string of the molecule is CCN1C(=O)COc2ccc(-c3noc(-c4cc(OC)c(OC)c(OC)c4)n3)cc21. The van der Waals surface area contributed by atoms with Gasteiger partial charge in [-0.2, -0.15) is 4.98 Å². The Balaban J connectivity index is 1.72. The number of carbonyl (C=O) groups excluding carboxylic acids is 1. The van der Waals surface area contributed by atoms with Crippen molar-refractivity contribution in [1.82, 2.24) is 10.1 Å². The van der Waals surface area contributed by atoms with E-state index in [9.17, 15) is 4.79 Å². The zero-order valence-electron chi connectivity index (χ0n) is 17.1. The molecule has 1 aliphatic heterocycles. The maximum Gasteiger partial charge on any atom is 0.265 e. The fourth-order valence-electron chi connectivity index (χ4n) is 3.35. The first-order valence-corrected chi connectivity index (χ1v) is 9.31. The molecule has 9 heteroatoms. The van der Waals surface area contributed by atoms with Crippen LogP contribution in [0.2, 0.25) is 0 Å². The minimum absolute atomic E-state index is 0.0354. The largest absolute Gasteiger partial charge is 0.493 e. The minimum Gasteiger partial charge on any atom is -0.493 e. The van der Waals surface area contributed by atoms with Gasteiger partial charge >= 0.3 is 0 Å². The van der Waals surface area contributed by atoms with Crippen molar-refractivity contribution in [3.8, 4) is 45.8 Å². The number of likely N-dealkylation sites (N-methyl/N-ethyl adjacent to an activating group) is 1. The van der Waals surface area contributed by atoms with Gasteiger partial charge in [-0.25, -0.2) is 0 Å². The molecule has 1 amide bonds. The van der Waals surface area contributed by atoms with Gasteiger partial charge in [-0.15, -0.1) is 0 Å². The molecule has 0 aliphatic carbocycles. The van der Waals surface area contributed by atoms with Crippen molar-refractivity contribution in [2.24, 2.45) is 0 Å². The van der Waals surface area contributed by atoms with Crippen LogP contribution in [0.25, 0.3) is 22.8 Å². The molecule has 156 valence electrons. The first-order chi connectivity index (χ1) is 14.6. The Hall–Kier alpha value is -3.75. The molecule has 0 saturated heterocycles. The van der Waals surface area contributed by atoms with E-state index in [-0.39, 0.29) is 12.5 Å². The summed E-state index contributed by atoms with van der Waals surface area (Å²) < 4.78 is 27.1. The van der Waals surface area contributed by atoms with Crippen LogP contribution < -0.4 is 23.8 Å². The molecule has 2 heterocycles. The lowest BCUT2D eigenvalue weighted by molar-refractivity contribution is -0.121. The highest BCUT2D eigenvalue weighted by Gasteiger charge is 2.25. The Kier molecular flexibility index (Phi) is 5.18. The van der Waals surface area contributed by atoms with Crippen molar-refractivity contribution < 1.29 is 28.3 Å². The van der Waals surface area contributed by atoms with Crippen LogP contribution >= 0.6 is 0 Å². The van der Waals surface area contributed by atoms with Crippen LogP contribution in [0.5, 0.6) is 23.0 Å². The van der Waals surface area contributed by atoms with Gasteiger partial charge in [0.05, 0.1) is 27.0 Å². The molecule has 0 N–H and O–H groups in total. The van der Waals surface area contributed by atoms with Gasteiger partial charge in [0.25, 0.3) is 11.8 Å². The lowest BCUT2D eigenvalue weighted by Crippen LogP contribution is -2.38. The Morgan fingerprint density at radius 2 is 1.77 bits per heavy atom. The second-order valence-corrected chi connectivity index (χ2v) is 6.45. The fraction of sp³-hybridized carbons (Fsp3) is 0.286. The number of anilines is 1. The molecule has 0 unspecified atom stereocenters. The molecule has 9 nitrogen and oxygen atoms in total. The van der Waals surface area contributed by atoms with E-state index >= 15 is 0 Å². The number of amides is 1. The molecule has 2 aromatic carbocycles. The minimum atomic E-state index is -0.0895. The summed E-state index contributed by atoms with van der Waals surface area (Å²) in [7, 11) is 4.61. The van der Waals surface area contributed by atoms with Crippen LogP contribution in [-0.4, -0.2) is 50.5 Å². The molecule has 30 heavy (non-hydrogen) atoms. The first-order valence-electron chi connectivity index (χ1n) is 9.31. The van der Waals surface area contributed by atoms with E-state index < -0.39 is 0 Å². The molecule has 1 aliphatic rings. The number of methoxy groups -OCH3 is 3. The highest BCUT2D eigenvalue weighted by Crippen LogP contribution is 2.41. The standard InChI is InChI=1S/C21H21N3O6/c1-5-24-14-8-12(6-7-15(14)29-11-18(24)25)20-22-21(30-23-20)13-9-16(26-2)19(28-4)17(10-13)27-3/h6-10H,5,11H2,1-4H3. The van der Waals surface area contributed by atoms with E-state index in [1.165, 1.54) is 21.3 Å². The number of hydrogen-bond acceptors (Lipinski definition) is 8. The van der Waals surface area contributed by atoms with Gasteiger partial charge in [0.15, 0.2) is 18.1 Å². The Morgan fingerprint density at radius 3 is 2.40 bits per heavy atom. The Labute approximate surface area is 173 Å². The van der Waals surface area contributed by atoms with Crippen LogP contribution in [-0.2, 0) is 4.79 Å². The topological polar surface area (TPSA) is 96.2 Å². The molecule has 0 atom stereocenters. The summed E-state index contributed by atoms with van der Waals surface area (Å²) in [5, 5.41) is 4.09. The number of hydrogen-bond donors (Lipinski definition) is 0. The predicted molar refractivity (Wildman–Crippen MR) is 108 cm³/mol. The summed E-state index contributed by atoms with van der Waals surface area (Å²) in [5.74, 6) is 2.67. The van der Waals surface area contributed by atoms with Crippen LogP contribution in [0.4, 0.5) is 5.69 Å². The van der Waals surface area contributed by atoms with E-state index in [0.717, 1.165) is 0 Å². The second kappa shape index (κ2) is 7.94. The molecule has 0 saturated carbocycles. The summed E-state index contributed by atoms with van der Waals surface area (Å²) in [6.07, 6.45) is 0. The predicted octanol–water partition coefficient (Wildman–Crippen LogP) is 3.17. The van der Waals surface area contributed by atoms with E-state index in [0.29, 0.717) is 58.1 Å². The Bertz CT molecular complexity index is 1070. The number of fused-ring (bicyclic) bond motifs is 1. The monoisotopic (exact) mass is 411 g/mol. The summed E-state index contributed by atoms with van der Waals surface area (Å²) in [5.41, 5.74) is 2.01. The zero-order valence-corrected chi connectivity index (χ0v) is 17.1. The van der Waals surface area contributed by atoms with E-state index in [1.807, 2.05) is 19.1 Å². The molecule has 0 spiro atoms. The molecule has 0 fully saturated rings. The summed E-state index contributed by atoms with van der Waals surface area (Å²) in [6.45, 7) is 2.49. The Morgan fingerprint density at radius 1 is 1.03 bits per heavy atom. The quantitative estimate of drug-likeness (QED) is 0.610. The zero-order chi connectivity index (χ0) is 21.3. The average Bonchev–Trinajstić information content (AvgIpc) is 3.28. The maximum atomic E-state index is 12.1. The van der Waals surface area contributed by atoms with Crippen LogP contribution in [0.1, 0.15) is 6.92 Å². The number of nitrogens with zero attached hydrogens (tertiary/aromatic N) is 3. The summed E-state index contributed by atoms with van der Waals surface area (Å²) in [4.78, 5) is 18.3. The highest BCUT2D eigenvalue weighted by atomic mass is 16.5. The molecule has 3 aromatic rings. The molecular formula is C21H21N3O6. The fourth-order valence-corrected chi connectivity index (χ4v) is 3.35. The van der Waals surface area contributed by atoms with Gasteiger partial charge in [-0.3, -0.25) is 4.79 Å². The van der Waals surface area contributed by atoms with Gasteiger partial charge in [0.1, 0.15) is 5.75 Å². The van der Waals surface area contributed by atoms with E-state index in [1.54, 1.807) is 23.1 Å². The molecular weight excluding hydrogens is 390 g/mol. The number of benzene rings is 2. The van der Waals surface area contributed by atoms with Crippen LogP contribution in [0, 0.1) is 0 Å². The van der Waals surface area contributed by atoms with Crippen molar-refractivity contribution in [2.75, 3.05) is 39.4 Å². The van der Waals surface area contributed by atoms with Crippen LogP contribution in [0.15, 0.2) is 34.9 Å². The normalized spacial score (nSPS) is 12.9. The van der Waals surface area contributed by atoms with Crippen LogP contribution in [0.3, 0.4) is 0 Å². The molecule has 0 bridgehead atoms. The first kappa shape index (κ1) is 19.6. The molecule has 4 rings (SSSR count). The van der Waals surface area contributed by atoms with Gasteiger partial charge in [0, 0.05) is 17.7 Å². The molecule has 1 aromatic heterocycles. The van der Waals surface area contributed by atoms with Crippen molar-refractivity contribution in [2.45, 2.75) is 6.92 Å². The lowest BCUT2D eigenvalue weighted by atomic mass is 10.1. The number of carbonyl (C=O) groups is 1. The highest BCUT2D eigenvalue weighted by molar-refractivity contribution is 5.98. The van der Waals surface area contributed by atoms with Gasteiger partial charge < -0.3 is 28.4 Å². The summed E-state index contributed by atoms with van der Waals surface area (Å²) in [6, 6.07) is 8.91. The van der Waals surface area contributed by atoms with E-state index in [2.05, 4.69) is 10.1 Å². The third-order valence-corrected chi connectivity index (χ3v) is 4.81. The number of aromatic nitrogens is 2. The number of rotatable bonds is 6.